The van der Waals surface area contributed by atoms with Gasteiger partial charge in [-0.2, -0.15) is 0 Å². The Morgan fingerprint density at radius 2 is 2.21 bits per heavy atom. The maximum Gasteiger partial charge on any atom is 0.251 e. The van der Waals surface area contributed by atoms with Gasteiger partial charge < -0.3 is 20.8 Å². The van der Waals surface area contributed by atoms with Crippen molar-refractivity contribution < 1.29 is 19.8 Å². The monoisotopic (exact) mass is 264 g/mol. The minimum absolute atomic E-state index is 0.0419. The van der Waals surface area contributed by atoms with Gasteiger partial charge >= 0.3 is 0 Å². The molecule has 102 valence electrons. The minimum Gasteiger partial charge on any atom is -0.388 e. The van der Waals surface area contributed by atoms with Crippen LogP contribution in [0.4, 0.5) is 0 Å². The normalized spacial score (nSPS) is 16.5. The predicted molar refractivity (Wildman–Crippen MR) is 67.3 cm³/mol. The van der Waals surface area contributed by atoms with Gasteiger partial charge in [0, 0.05) is 25.6 Å². The van der Waals surface area contributed by atoms with Crippen molar-refractivity contribution in [2.45, 2.75) is 25.7 Å². The van der Waals surface area contributed by atoms with E-state index in [1.54, 1.807) is 18.2 Å². The Hall–Kier alpha value is -1.92. The molecule has 0 spiro atoms. The lowest BCUT2D eigenvalue weighted by molar-refractivity contribution is -0.119. The second-order valence-electron chi connectivity index (χ2n) is 4.55. The highest BCUT2D eigenvalue weighted by molar-refractivity contribution is 5.98. The summed E-state index contributed by atoms with van der Waals surface area (Å²) >= 11 is 0. The highest BCUT2D eigenvalue weighted by atomic mass is 16.3. The van der Waals surface area contributed by atoms with Crippen LogP contribution in [-0.2, 0) is 11.3 Å². The molecule has 19 heavy (non-hydrogen) atoms. The first kappa shape index (κ1) is 13.5. The van der Waals surface area contributed by atoms with Crippen molar-refractivity contribution in [1.82, 2.24) is 10.6 Å². The van der Waals surface area contributed by atoms with Gasteiger partial charge in [0.2, 0.25) is 5.91 Å². The van der Waals surface area contributed by atoms with Crippen LogP contribution < -0.4 is 10.6 Å². The molecule has 6 nitrogen and oxygen atoms in total. The molecular weight excluding hydrogens is 248 g/mol. The van der Waals surface area contributed by atoms with Crippen molar-refractivity contribution >= 4 is 11.8 Å². The highest BCUT2D eigenvalue weighted by Crippen LogP contribution is 2.23. The summed E-state index contributed by atoms with van der Waals surface area (Å²) in [6.45, 7) is 1.78. The molecule has 4 N–H and O–H groups in total. The zero-order chi connectivity index (χ0) is 14.0. The van der Waals surface area contributed by atoms with E-state index >= 15 is 0 Å². The summed E-state index contributed by atoms with van der Waals surface area (Å²) in [4.78, 5) is 22.3. The van der Waals surface area contributed by atoms with Crippen molar-refractivity contribution in [3.63, 3.8) is 0 Å². The smallest absolute Gasteiger partial charge is 0.251 e. The number of rotatable bonds is 4. The first-order valence-corrected chi connectivity index (χ1v) is 6.00. The van der Waals surface area contributed by atoms with Crippen LogP contribution in [0.1, 0.15) is 34.5 Å². The van der Waals surface area contributed by atoms with E-state index in [0.29, 0.717) is 17.7 Å². The third-order valence-electron chi connectivity index (χ3n) is 3.08. The lowest BCUT2D eigenvalue weighted by Gasteiger charge is -2.18. The molecule has 2 amide bonds. The maximum absolute atomic E-state index is 11.5. The fourth-order valence-corrected chi connectivity index (χ4v) is 2.00. The average Bonchev–Trinajstić information content (AvgIpc) is 2.76. The van der Waals surface area contributed by atoms with Gasteiger partial charge in [-0.3, -0.25) is 9.59 Å². The Morgan fingerprint density at radius 3 is 2.89 bits per heavy atom. The highest BCUT2D eigenvalue weighted by Gasteiger charge is 2.23. The Morgan fingerprint density at radius 1 is 1.47 bits per heavy atom. The van der Waals surface area contributed by atoms with Crippen LogP contribution in [0.3, 0.4) is 0 Å². The van der Waals surface area contributed by atoms with Gasteiger partial charge in [-0.15, -0.1) is 0 Å². The number of fused-ring (bicyclic) bond motifs is 1. The lowest BCUT2D eigenvalue weighted by Crippen LogP contribution is -2.34. The van der Waals surface area contributed by atoms with Crippen LogP contribution in [0.5, 0.6) is 0 Å². The Balaban J connectivity index is 2.11. The second kappa shape index (κ2) is 5.38. The van der Waals surface area contributed by atoms with Gasteiger partial charge in [0.15, 0.2) is 0 Å². The zero-order valence-electron chi connectivity index (χ0n) is 10.5. The predicted octanol–water partition coefficient (Wildman–Crippen LogP) is -0.540. The number of hydrogen-bond acceptors (Lipinski definition) is 4. The molecule has 0 radical (unpaired) electrons. The molecular formula is C13H16N2O4. The number of aliphatic hydroxyl groups is 2. The Bertz CT molecular complexity index is 515. The van der Waals surface area contributed by atoms with Gasteiger partial charge in [0.25, 0.3) is 5.91 Å². The van der Waals surface area contributed by atoms with E-state index in [4.69, 9.17) is 0 Å². The van der Waals surface area contributed by atoms with Crippen LogP contribution in [0, 0.1) is 0 Å². The van der Waals surface area contributed by atoms with Crippen LogP contribution in [0.25, 0.3) is 0 Å². The molecule has 1 heterocycles. The standard InChI is InChI=1S/C13H16N2O4/c1-7(16)14-6-11(17)12(18)8-2-3-9-5-15-13(19)10(9)4-8/h2-4,11-12,17-18H,5-6H2,1H3,(H,14,16)(H,15,19). The van der Waals surface area contributed by atoms with Gasteiger partial charge in [-0.1, -0.05) is 12.1 Å². The van der Waals surface area contributed by atoms with Crippen LogP contribution >= 0.6 is 0 Å². The first-order valence-electron chi connectivity index (χ1n) is 6.00. The summed E-state index contributed by atoms with van der Waals surface area (Å²) in [5.74, 6) is -0.458. The molecule has 0 aliphatic carbocycles. The number of amides is 2. The summed E-state index contributed by atoms with van der Waals surface area (Å²) < 4.78 is 0. The molecule has 1 aromatic rings. The summed E-state index contributed by atoms with van der Waals surface area (Å²) in [6, 6.07) is 4.98. The van der Waals surface area contributed by atoms with Gasteiger partial charge in [0.05, 0.1) is 0 Å². The summed E-state index contributed by atoms with van der Waals surface area (Å²) in [7, 11) is 0. The van der Waals surface area contributed by atoms with Crippen molar-refractivity contribution in [1.29, 1.82) is 0 Å². The molecule has 0 fully saturated rings. The maximum atomic E-state index is 11.5. The van der Waals surface area contributed by atoms with E-state index in [2.05, 4.69) is 10.6 Å². The fourth-order valence-electron chi connectivity index (χ4n) is 2.00. The van der Waals surface area contributed by atoms with E-state index in [1.165, 1.54) is 6.92 Å². The lowest BCUT2D eigenvalue weighted by atomic mass is 9.99. The quantitative estimate of drug-likeness (QED) is 0.587. The van der Waals surface area contributed by atoms with Crippen LogP contribution in [-0.4, -0.2) is 34.7 Å². The summed E-state index contributed by atoms with van der Waals surface area (Å²) in [6.07, 6.45) is -2.27. The molecule has 2 atom stereocenters. The number of aliphatic hydroxyl groups excluding tert-OH is 2. The third-order valence-corrected chi connectivity index (χ3v) is 3.08. The van der Waals surface area contributed by atoms with Crippen molar-refractivity contribution in [2.75, 3.05) is 6.54 Å². The van der Waals surface area contributed by atoms with E-state index < -0.39 is 12.2 Å². The largest absolute Gasteiger partial charge is 0.388 e. The molecule has 0 saturated carbocycles. The van der Waals surface area contributed by atoms with Crippen LogP contribution in [0.2, 0.25) is 0 Å². The summed E-state index contributed by atoms with van der Waals surface area (Å²) in [5.41, 5.74) is 1.84. The number of nitrogens with one attached hydrogen (secondary N) is 2. The zero-order valence-corrected chi connectivity index (χ0v) is 10.5. The number of benzene rings is 1. The number of carbonyl (C=O) groups excluding carboxylic acids is 2. The molecule has 1 aliphatic heterocycles. The molecule has 2 unspecified atom stereocenters. The molecule has 0 saturated heterocycles. The Labute approximate surface area is 110 Å². The Kier molecular flexibility index (Phi) is 3.82. The molecule has 6 heteroatoms. The number of hydrogen-bond donors (Lipinski definition) is 4. The fraction of sp³-hybridized carbons (Fsp3) is 0.385. The molecule has 2 rings (SSSR count). The molecule has 0 bridgehead atoms. The SMILES string of the molecule is CC(=O)NCC(O)C(O)c1ccc2c(c1)C(=O)NC2. The van der Waals surface area contributed by atoms with E-state index in [1.807, 2.05) is 0 Å². The van der Waals surface area contributed by atoms with Crippen molar-refractivity contribution in [3.8, 4) is 0 Å². The first-order chi connectivity index (χ1) is 8.99. The third kappa shape index (κ3) is 2.91. The second-order valence-corrected chi connectivity index (χ2v) is 4.55. The van der Waals surface area contributed by atoms with Crippen molar-refractivity contribution in [3.05, 3.63) is 34.9 Å². The number of carbonyl (C=O) groups is 2. The average molecular weight is 264 g/mol. The van der Waals surface area contributed by atoms with E-state index in [0.717, 1.165) is 5.56 Å². The summed E-state index contributed by atoms with van der Waals surface area (Å²) in [5, 5.41) is 24.9. The van der Waals surface area contributed by atoms with Crippen molar-refractivity contribution in [2.24, 2.45) is 0 Å². The van der Waals surface area contributed by atoms with E-state index in [-0.39, 0.29) is 18.4 Å². The molecule has 1 aliphatic rings. The molecule has 1 aromatic carbocycles. The van der Waals surface area contributed by atoms with Crippen LogP contribution in [0.15, 0.2) is 18.2 Å². The van der Waals surface area contributed by atoms with Gasteiger partial charge in [-0.25, -0.2) is 0 Å². The van der Waals surface area contributed by atoms with E-state index in [9.17, 15) is 19.8 Å². The van der Waals surface area contributed by atoms with Gasteiger partial charge in [0.1, 0.15) is 12.2 Å². The molecule has 0 aromatic heterocycles. The topological polar surface area (TPSA) is 98.7 Å². The van der Waals surface area contributed by atoms with Gasteiger partial charge in [-0.05, 0) is 17.2 Å². The minimum atomic E-state index is -1.15.